The zero-order chi connectivity index (χ0) is 16.8. The Morgan fingerprint density at radius 1 is 1.24 bits per heavy atom. The summed E-state index contributed by atoms with van der Waals surface area (Å²) in [5.74, 6) is -0.493. The zero-order valence-corrected chi connectivity index (χ0v) is 17.6. The molecule has 1 fully saturated rings. The maximum Gasteiger partial charge on any atom is 0.306 e. The van der Waals surface area contributed by atoms with Crippen molar-refractivity contribution in [3.8, 4) is 0 Å². The minimum atomic E-state index is -0.624. The number of nitrogens with zero attached hydrogens (tertiary/aromatic N) is 1. The first-order valence-electron chi connectivity index (χ1n) is 8.40. The van der Waals surface area contributed by atoms with Crippen molar-refractivity contribution in [1.29, 1.82) is 0 Å². The fourth-order valence-corrected chi connectivity index (χ4v) is 3.72. The molecule has 0 bridgehead atoms. The number of hydrogen-bond donors (Lipinski definition) is 1. The van der Waals surface area contributed by atoms with Crippen molar-refractivity contribution in [2.75, 3.05) is 13.1 Å². The molecule has 3 nitrogen and oxygen atoms in total. The lowest BCUT2D eigenvalue weighted by atomic mass is 9.81. The fourth-order valence-electron chi connectivity index (χ4n) is 3.39. The van der Waals surface area contributed by atoms with Crippen molar-refractivity contribution in [3.05, 3.63) is 33.8 Å². The molecule has 0 radical (unpaired) electrons. The normalized spacial score (nSPS) is 16.6. The molecular weight excluding hydrogens is 404 g/mol. The first-order chi connectivity index (χ1) is 11.0. The molecule has 2 rings (SSSR count). The number of carboxylic acids is 1. The van der Waals surface area contributed by atoms with Crippen LogP contribution in [0.3, 0.4) is 0 Å². The first-order valence-corrected chi connectivity index (χ1v) is 9.16. The summed E-state index contributed by atoms with van der Waals surface area (Å²) in [7, 11) is 0. The molecule has 1 aliphatic heterocycles. The van der Waals surface area contributed by atoms with Crippen LogP contribution in [-0.2, 0) is 11.3 Å². The number of hydrogen-bond acceptors (Lipinski definition) is 2. The largest absolute Gasteiger partial charge is 0.481 e. The van der Waals surface area contributed by atoms with Gasteiger partial charge in [0.1, 0.15) is 0 Å². The van der Waals surface area contributed by atoms with Crippen LogP contribution in [0.1, 0.15) is 44.6 Å². The van der Waals surface area contributed by atoms with Gasteiger partial charge in [-0.15, -0.1) is 24.8 Å². The van der Waals surface area contributed by atoms with Crippen LogP contribution in [0.15, 0.2) is 18.2 Å². The molecule has 0 amide bonds. The van der Waals surface area contributed by atoms with Gasteiger partial charge in [0.25, 0.3) is 0 Å². The van der Waals surface area contributed by atoms with Crippen LogP contribution in [0, 0.1) is 11.8 Å². The topological polar surface area (TPSA) is 40.5 Å². The van der Waals surface area contributed by atoms with E-state index in [4.69, 9.17) is 23.2 Å². The van der Waals surface area contributed by atoms with Crippen molar-refractivity contribution in [3.63, 3.8) is 0 Å². The van der Waals surface area contributed by atoms with E-state index in [-0.39, 0.29) is 30.7 Å². The molecule has 25 heavy (non-hydrogen) atoms. The zero-order valence-electron chi connectivity index (χ0n) is 14.4. The van der Waals surface area contributed by atoms with E-state index >= 15 is 0 Å². The van der Waals surface area contributed by atoms with Crippen molar-refractivity contribution in [1.82, 2.24) is 4.90 Å². The maximum atomic E-state index is 11.5. The predicted octanol–water partition coefficient (Wildman–Crippen LogP) is 5.94. The number of carbonyl (C=O) groups is 1. The third-order valence-electron chi connectivity index (χ3n) is 4.78. The lowest BCUT2D eigenvalue weighted by molar-refractivity contribution is -0.144. The second-order valence-corrected chi connectivity index (χ2v) is 7.26. The van der Waals surface area contributed by atoms with Gasteiger partial charge in [-0.25, -0.2) is 0 Å². The fraction of sp³-hybridized carbons (Fsp3) is 0.611. The average molecular weight is 431 g/mol. The molecule has 144 valence electrons. The quantitative estimate of drug-likeness (QED) is 0.581. The molecule has 1 aromatic carbocycles. The summed E-state index contributed by atoms with van der Waals surface area (Å²) >= 11 is 12.0. The summed E-state index contributed by atoms with van der Waals surface area (Å²) < 4.78 is 0. The smallest absolute Gasteiger partial charge is 0.306 e. The molecule has 1 N–H and O–H groups in total. The third kappa shape index (κ3) is 7.52. The van der Waals surface area contributed by atoms with Crippen molar-refractivity contribution < 1.29 is 9.90 Å². The van der Waals surface area contributed by atoms with Crippen LogP contribution in [-0.4, -0.2) is 29.1 Å². The van der Waals surface area contributed by atoms with Gasteiger partial charge in [0.2, 0.25) is 0 Å². The van der Waals surface area contributed by atoms with Crippen LogP contribution >= 0.6 is 48.0 Å². The van der Waals surface area contributed by atoms with Gasteiger partial charge in [0, 0.05) is 6.54 Å². The summed E-state index contributed by atoms with van der Waals surface area (Å²) in [6, 6.07) is 5.75. The van der Waals surface area contributed by atoms with Gasteiger partial charge < -0.3 is 5.11 Å². The van der Waals surface area contributed by atoms with E-state index < -0.39 is 5.97 Å². The summed E-state index contributed by atoms with van der Waals surface area (Å²) in [4.78, 5) is 13.9. The van der Waals surface area contributed by atoms with Crippen LogP contribution in [0.2, 0.25) is 10.0 Å². The Morgan fingerprint density at radius 3 is 2.40 bits per heavy atom. The lowest BCUT2D eigenvalue weighted by Gasteiger charge is -2.34. The molecule has 1 atom stereocenters. The Kier molecular flexibility index (Phi) is 12.1. The molecule has 1 heterocycles. The second-order valence-electron chi connectivity index (χ2n) is 6.45. The standard InChI is InChI=1S/C18H25Cl2NO2.2ClH/c1-2-3-4-15(18(22)23)14-7-9-21(10-8-14)12-13-5-6-16(19)17(20)11-13;;/h5-6,11,14-15H,2-4,7-10,12H2,1H3,(H,22,23);2*1H. The predicted molar refractivity (Wildman–Crippen MR) is 110 cm³/mol. The molecule has 0 spiro atoms. The highest BCUT2D eigenvalue weighted by Gasteiger charge is 2.30. The second kappa shape index (κ2) is 12.2. The van der Waals surface area contributed by atoms with Crippen LogP contribution in [0.4, 0.5) is 0 Å². The molecule has 1 saturated heterocycles. The molecule has 1 unspecified atom stereocenters. The highest BCUT2D eigenvalue weighted by Crippen LogP contribution is 2.30. The van der Waals surface area contributed by atoms with Gasteiger partial charge >= 0.3 is 5.97 Å². The van der Waals surface area contributed by atoms with Crippen LogP contribution in [0.5, 0.6) is 0 Å². The summed E-state index contributed by atoms with van der Waals surface area (Å²) in [6.45, 7) is 4.84. The Hall–Kier alpha value is -0.190. The number of unbranched alkanes of at least 4 members (excludes halogenated alkanes) is 1. The Balaban J connectivity index is 0.00000288. The van der Waals surface area contributed by atoms with E-state index in [1.807, 2.05) is 18.2 Å². The number of aliphatic carboxylic acids is 1. The number of piperidine rings is 1. The van der Waals surface area contributed by atoms with Gasteiger partial charge in [-0.1, -0.05) is 49.0 Å². The molecule has 0 saturated carbocycles. The average Bonchev–Trinajstić information content (AvgIpc) is 2.52. The molecule has 1 aliphatic rings. The monoisotopic (exact) mass is 429 g/mol. The van der Waals surface area contributed by atoms with Crippen molar-refractivity contribution in [2.24, 2.45) is 11.8 Å². The lowest BCUT2D eigenvalue weighted by Crippen LogP contribution is -2.37. The van der Waals surface area contributed by atoms with E-state index in [1.54, 1.807) is 0 Å². The highest BCUT2D eigenvalue weighted by molar-refractivity contribution is 6.42. The van der Waals surface area contributed by atoms with E-state index in [1.165, 1.54) is 0 Å². The van der Waals surface area contributed by atoms with E-state index in [9.17, 15) is 9.90 Å². The van der Waals surface area contributed by atoms with Gasteiger partial charge in [0.05, 0.1) is 16.0 Å². The molecule has 1 aromatic rings. The van der Waals surface area contributed by atoms with Crippen molar-refractivity contribution in [2.45, 2.75) is 45.6 Å². The summed E-state index contributed by atoms with van der Waals surface area (Å²) in [6.07, 6.45) is 4.79. The number of rotatable bonds is 7. The number of carboxylic acid groups (broad SMARTS) is 1. The summed E-state index contributed by atoms with van der Waals surface area (Å²) in [5, 5.41) is 10.6. The first kappa shape index (κ1) is 24.8. The minimum absolute atomic E-state index is 0. The van der Waals surface area contributed by atoms with Crippen LogP contribution < -0.4 is 0 Å². The molecular formula is C18H27Cl4NO2. The number of likely N-dealkylation sites (tertiary alicyclic amines) is 1. The van der Waals surface area contributed by atoms with E-state index in [2.05, 4.69) is 11.8 Å². The highest BCUT2D eigenvalue weighted by atomic mass is 35.5. The van der Waals surface area contributed by atoms with Gasteiger partial charge in [0.15, 0.2) is 0 Å². The third-order valence-corrected chi connectivity index (χ3v) is 5.52. The molecule has 7 heteroatoms. The van der Waals surface area contributed by atoms with Gasteiger partial charge in [-0.2, -0.15) is 0 Å². The number of benzene rings is 1. The summed E-state index contributed by atoms with van der Waals surface area (Å²) in [5.41, 5.74) is 1.15. The SMILES string of the molecule is CCCCC(C(=O)O)C1CCN(Cc2ccc(Cl)c(Cl)c2)CC1.Cl.Cl. The molecule has 0 aromatic heterocycles. The minimum Gasteiger partial charge on any atom is -0.481 e. The van der Waals surface area contributed by atoms with Gasteiger partial charge in [-0.3, -0.25) is 9.69 Å². The number of halogens is 4. The Morgan fingerprint density at radius 2 is 1.88 bits per heavy atom. The van der Waals surface area contributed by atoms with Gasteiger partial charge in [-0.05, 0) is 56.0 Å². The van der Waals surface area contributed by atoms with E-state index in [0.29, 0.717) is 16.0 Å². The van der Waals surface area contributed by atoms with Crippen LogP contribution in [0.25, 0.3) is 0 Å². The Labute approximate surface area is 172 Å². The Bertz CT molecular complexity index is 534. The maximum absolute atomic E-state index is 11.5. The van der Waals surface area contributed by atoms with E-state index in [0.717, 1.165) is 57.3 Å². The van der Waals surface area contributed by atoms with Crippen molar-refractivity contribution >= 4 is 54.0 Å². The molecule has 0 aliphatic carbocycles.